The van der Waals surface area contributed by atoms with Gasteiger partial charge in [0.25, 0.3) is 9.70 Å². The lowest BCUT2D eigenvalue weighted by molar-refractivity contribution is -0.397. The molecule has 0 spiro atoms. The number of carbonyl (C=O) groups is 2. The van der Waals surface area contributed by atoms with Crippen molar-refractivity contribution in [3.05, 3.63) is 300 Å². The molecule has 5 heterocycles. The van der Waals surface area contributed by atoms with Crippen molar-refractivity contribution in [2.24, 2.45) is 0 Å². The van der Waals surface area contributed by atoms with Gasteiger partial charge in [-0.25, -0.2) is 0 Å². The van der Waals surface area contributed by atoms with Gasteiger partial charge in [-0.05, 0) is 65.3 Å². The Morgan fingerprint density at radius 3 is 1.12 bits per heavy atom. The highest BCUT2D eigenvalue weighted by Crippen LogP contribution is 2.42. The first-order valence-electron chi connectivity index (χ1n) is 40.7. The molecule has 5 fully saturated rings. The number of carbonyl (C=O) groups excluding carboxylic acids is 2. The first kappa shape index (κ1) is 91.2. The highest BCUT2D eigenvalue weighted by atomic mass is 35.6. The Morgan fingerprint density at radius 1 is 0.372 bits per heavy atom. The number of alkyl halides is 3. The number of ether oxygens (including phenoxy) is 19. The molecule has 0 saturated carbocycles. The van der Waals surface area contributed by atoms with Gasteiger partial charge in [0.2, 0.25) is 0 Å². The van der Waals surface area contributed by atoms with Crippen molar-refractivity contribution in [1.82, 2.24) is 5.32 Å². The monoisotopic (exact) mass is 1730 g/mol. The van der Waals surface area contributed by atoms with Crippen LogP contribution in [0, 0.1) is 0 Å². The zero-order valence-electron chi connectivity index (χ0n) is 67.6. The van der Waals surface area contributed by atoms with E-state index >= 15 is 0 Å². The molecule has 8 aromatic rings. The van der Waals surface area contributed by atoms with Crippen LogP contribution in [0.3, 0.4) is 0 Å². The maximum Gasteiger partial charge on any atom is 0.303 e. The fourth-order valence-corrected chi connectivity index (χ4v) is 15.5. The van der Waals surface area contributed by atoms with Crippen LogP contribution in [0.5, 0.6) is 0 Å². The van der Waals surface area contributed by atoms with E-state index in [-0.39, 0.29) is 66.1 Å². The van der Waals surface area contributed by atoms with E-state index < -0.39 is 176 Å². The van der Waals surface area contributed by atoms with E-state index in [9.17, 15) is 24.9 Å². The summed E-state index contributed by atoms with van der Waals surface area (Å²) in [5.74, 6) is -2.14. The summed E-state index contributed by atoms with van der Waals surface area (Å²) in [5.41, 5.74) is 6.57. The molecule has 4 N–H and O–H groups in total. The molecule has 1 amide bonds. The van der Waals surface area contributed by atoms with Gasteiger partial charge in [-0.2, -0.15) is 0 Å². The van der Waals surface area contributed by atoms with Crippen molar-refractivity contribution in [3.63, 3.8) is 0 Å². The van der Waals surface area contributed by atoms with Crippen molar-refractivity contribution in [2.75, 3.05) is 19.8 Å². The zero-order valence-corrected chi connectivity index (χ0v) is 69.9. The second-order valence-corrected chi connectivity index (χ2v) is 32.6. The van der Waals surface area contributed by atoms with Crippen LogP contribution in [0.4, 0.5) is 0 Å². The third-order valence-corrected chi connectivity index (χ3v) is 22.0. The van der Waals surface area contributed by atoms with Gasteiger partial charge in [0.1, 0.15) is 97.6 Å². The number of hydrogen-bond acceptors (Lipinski definition) is 24. The number of amides is 1. The summed E-state index contributed by atoms with van der Waals surface area (Å²) in [4.78, 5) is 28.8. The second kappa shape index (κ2) is 45.4. The molecule has 0 aromatic heterocycles. The molecule has 28 heteroatoms. The maximum atomic E-state index is 14.8. The maximum absolute atomic E-state index is 14.8. The third kappa shape index (κ3) is 25.2. The van der Waals surface area contributed by atoms with Gasteiger partial charge in [0, 0.05) is 6.92 Å². The van der Waals surface area contributed by atoms with Gasteiger partial charge in [-0.15, -0.1) is 6.58 Å². The third-order valence-electron chi connectivity index (χ3n) is 21.4. The van der Waals surface area contributed by atoms with Crippen molar-refractivity contribution in [1.29, 1.82) is 0 Å². The van der Waals surface area contributed by atoms with Gasteiger partial charge in [-0.1, -0.05) is 284 Å². The fraction of sp³-hybridized carbons (Fsp3) is 0.441. The van der Waals surface area contributed by atoms with Crippen LogP contribution >= 0.6 is 34.8 Å². The number of benzene rings is 8. The molecule has 648 valence electrons. The molecule has 13 rings (SSSR count). The first-order valence-corrected chi connectivity index (χ1v) is 41.8. The standard InChI is InChI=1S/C93H106Cl3NO24/c1-6-47-104-89-85(82(76(59(3)113-89)106-51-64-35-19-9-20-36-64)120-90-84(111-56-69-45-29-14-30-46-69)81(110-55-68-43-27-13-28-44-68)78(108-53-66-39-23-11-24-40-66)71(117-90)57-103-49-62-31-15-7-16-32-62)121-87-72(97-92(102)93(94,95)96)79(73(100)70(48-98)116-87)118-91-86(115-61(5)99)83(77(60(4)114-91)107-52-65-37-21-10-22-38-65)119-88-74(101)80(109-54-67-41-25-12-26-42-67)75(58(2)112-88)105-50-63-33-17-8-18-34-63/h6-46,58-60,70-91,98,100-101H,1,47-57H2,2-5H3,(H,97,102)/t58-,59-,60-,70+,71+,72+,73+,74+,75?,76-,77-,78+,79+,80-,81-,82+,83+,84+,85+,86+,87-,88?,89+,90+,91-/m0/s1. The van der Waals surface area contributed by atoms with Gasteiger partial charge >= 0.3 is 5.97 Å². The average Bonchev–Trinajstić information content (AvgIpc) is 0.748. The minimum absolute atomic E-state index is 0.0119. The molecule has 5 saturated heterocycles. The topological polar surface area (TPSA) is 282 Å². The molecule has 5 aliphatic heterocycles. The minimum atomic E-state index is -2.74. The number of esters is 1. The normalized spacial score (nSPS) is 30.7. The van der Waals surface area contributed by atoms with Gasteiger partial charge in [0.15, 0.2) is 37.6 Å². The molecule has 25 nitrogen and oxygen atoms in total. The molecule has 0 radical (unpaired) electrons. The molecule has 8 aromatic carbocycles. The molecule has 0 aliphatic carbocycles. The van der Waals surface area contributed by atoms with Crippen molar-refractivity contribution >= 4 is 46.7 Å². The van der Waals surface area contributed by atoms with E-state index in [1.165, 1.54) is 6.08 Å². The lowest BCUT2D eigenvalue weighted by atomic mass is 9.94. The Hall–Kier alpha value is -7.53. The predicted molar refractivity (Wildman–Crippen MR) is 444 cm³/mol. The minimum Gasteiger partial charge on any atom is -0.454 e. The van der Waals surface area contributed by atoms with E-state index in [1.807, 2.05) is 243 Å². The molecule has 2 unspecified atom stereocenters. The van der Waals surface area contributed by atoms with Crippen LogP contribution in [-0.2, 0) is 152 Å². The molecule has 0 bridgehead atoms. The lowest BCUT2D eigenvalue weighted by Crippen LogP contribution is -2.71. The quantitative estimate of drug-likeness (QED) is 0.0158. The summed E-state index contributed by atoms with van der Waals surface area (Å²) in [5, 5.41) is 40.1. The summed E-state index contributed by atoms with van der Waals surface area (Å²) in [6.07, 6.45) is -31.6. The Balaban J connectivity index is 0.891. The zero-order chi connectivity index (χ0) is 84.6. The van der Waals surface area contributed by atoms with Crippen LogP contribution < -0.4 is 5.32 Å². The SMILES string of the molecule is C=CCO[C@@H]1O[C@@H](C)[C@H](OCc2ccccc2)[C@@H](O[C@H]2O[C@H](COCc3ccccc3)[C@@H](OCc3ccccc3)[C@H](OCc3ccccc3)[C@H]2OCc2ccccc2)[C@H]1O[C@@H]1O[C@H](CO)[C@@H](O)[C@H](O[C@@H]2O[C@@H](C)[C@H](OCc3ccccc3)[C@@H](OC3O[C@@H](C)C(OCc4ccccc4)[C@@H](OCc4ccccc4)[C@H]3O)[C@H]2OC(C)=O)[C@H]1NC(=O)C(Cl)(Cl)Cl. The molecule has 25 atom stereocenters. The highest BCUT2D eigenvalue weighted by molar-refractivity contribution is 6.76. The lowest BCUT2D eigenvalue weighted by Gasteiger charge is -2.52. The van der Waals surface area contributed by atoms with Gasteiger partial charge in [0.05, 0.1) is 91.0 Å². The number of hydrogen-bond donors (Lipinski definition) is 4. The first-order chi connectivity index (χ1) is 58.9. The smallest absolute Gasteiger partial charge is 0.303 e. The Morgan fingerprint density at radius 2 is 0.702 bits per heavy atom. The molecule has 5 aliphatic rings. The summed E-state index contributed by atoms with van der Waals surface area (Å²) in [7, 11) is 0. The van der Waals surface area contributed by atoms with E-state index in [0.29, 0.717) is 0 Å². The predicted octanol–water partition coefficient (Wildman–Crippen LogP) is 12.2. The fourth-order valence-electron chi connectivity index (χ4n) is 15.4. The number of aliphatic hydroxyl groups excluding tert-OH is 3. The Labute approximate surface area is 720 Å². The largest absolute Gasteiger partial charge is 0.454 e. The average molecular weight is 1730 g/mol. The van der Waals surface area contributed by atoms with Crippen LogP contribution in [0.2, 0.25) is 0 Å². The van der Waals surface area contributed by atoms with E-state index in [1.54, 1.807) is 20.8 Å². The molecular formula is C93H106Cl3NO24. The summed E-state index contributed by atoms with van der Waals surface area (Å²) >= 11 is 19.6. The van der Waals surface area contributed by atoms with Crippen LogP contribution in [0.25, 0.3) is 0 Å². The molecule has 121 heavy (non-hydrogen) atoms. The number of aliphatic hydroxyl groups is 3. The summed E-state index contributed by atoms with van der Waals surface area (Å²) < 4.78 is 129. The number of rotatable bonds is 39. The number of halogens is 3. The number of nitrogens with one attached hydrogen (secondary N) is 1. The van der Waals surface area contributed by atoms with Crippen molar-refractivity contribution in [3.8, 4) is 0 Å². The van der Waals surface area contributed by atoms with Gasteiger partial charge < -0.3 is 111 Å². The van der Waals surface area contributed by atoms with Crippen LogP contribution in [0.15, 0.2) is 255 Å². The van der Waals surface area contributed by atoms with E-state index in [0.717, 1.165) is 51.4 Å². The second-order valence-electron chi connectivity index (χ2n) is 30.3. The van der Waals surface area contributed by atoms with Crippen LogP contribution in [0.1, 0.15) is 72.2 Å². The van der Waals surface area contributed by atoms with Crippen LogP contribution in [-0.4, -0.2) is 204 Å². The van der Waals surface area contributed by atoms with E-state index in [2.05, 4.69) is 11.9 Å². The Bertz CT molecular complexity index is 4360. The van der Waals surface area contributed by atoms with Gasteiger partial charge in [-0.3, -0.25) is 9.59 Å². The summed E-state index contributed by atoms with van der Waals surface area (Å²) in [6, 6.07) is 74.3. The molecular weight excluding hydrogens is 1620 g/mol. The Kier molecular flexibility index (Phi) is 34.2. The highest BCUT2D eigenvalue weighted by Gasteiger charge is 2.60. The van der Waals surface area contributed by atoms with Crippen molar-refractivity contribution < 1.29 is 115 Å². The van der Waals surface area contributed by atoms with Crippen molar-refractivity contribution in [2.45, 2.75) is 238 Å². The van der Waals surface area contributed by atoms with E-state index in [4.69, 9.17) is 125 Å². The summed E-state index contributed by atoms with van der Waals surface area (Å²) in [6.45, 7) is 9.70.